The van der Waals surface area contributed by atoms with Gasteiger partial charge in [-0.05, 0) is 19.9 Å². The summed E-state index contributed by atoms with van der Waals surface area (Å²) >= 11 is 2.86. The molecule has 1 rings (SSSR count). The van der Waals surface area contributed by atoms with Gasteiger partial charge in [0.1, 0.15) is 4.66 Å². The lowest BCUT2D eigenvalue weighted by Crippen LogP contribution is -2.15. The van der Waals surface area contributed by atoms with E-state index in [0.29, 0.717) is 0 Å². The first kappa shape index (κ1) is 11.4. The molecule has 0 bridgehead atoms. The van der Waals surface area contributed by atoms with Gasteiger partial charge in [-0.2, -0.15) is 0 Å². The summed E-state index contributed by atoms with van der Waals surface area (Å²) in [6, 6.07) is 1.77. The topological polar surface area (TPSA) is 72.0 Å². The van der Waals surface area contributed by atoms with Crippen molar-refractivity contribution in [2.75, 3.05) is 9.38 Å². The van der Waals surface area contributed by atoms with Gasteiger partial charge in [0.15, 0.2) is 0 Å². The van der Waals surface area contributed by atoms with Gasteiger partial charge >= 0.3 is 0 Å². The van der Waals surface area contributed by atoms with Crippen LogP contribution in [0.2, 0.25) is 0 Å². The smallest absolute Gasteiger partial charge is 0.245 e. The SMILES string of the molecule is Cc1cc(C)nc(NS(=O)(=O)CBr)n1. The number of halogens is 1. The molecule has 5 nitrogen and oxygen atoms in total. The van der Waals surface area contributed by atoms with Crippen molar-refractivity contribution in [1.82, 2.24) is 9.97 Å². The van der Waals surface area contributed by atoms with Gasteiger partial charge in [0.05, 0.1) is 0 Å². The van der Waals surface area contributed by atoms with Crippen LogP contribution >= 0.6 is 15.9 Å². The summed E-state index contributed by atoms with van der Waals surface area (Å²) < 4.78 is 24.4. The van der Waals surface area contributed by atoms with Crippen molar-refractivity contribution in [3.8, 4) is 0 Å². The molecule has 0 saturated heterocycles. The minimum Gasteiger partial charge on any atom is -0.250 e. The molecule has 0 amide bonds. The van der Waals surface area contributed by atoms with Crippen LogP contribution in [0.4, 0.5) is 5.95 Å². The maximum Gasteiger partial charge on any atom is 0.245 e. The van der Waals surface area contributed by atoms with E-state index in [1.54, 1.807) is 19.9 Å². The van der Waals surface area contributed by atoms with E-state index >= 15 is 0 Å². The Balaban J connectivity index is 2.98. The van der Waals surface area contributed by atoms with Crippen LogP contribution < -0.4 is 4.72 Å². The predicted octanol–water partition coefficient (Wildman–Crippen LogP) is 1.19. The number of hydrogen-bond acceptors (Lipinski definition) is 4. The van der Waals surface area contributed by atoms with Crippen molar-refractivity contribution in [2.24, 2.45) is 0 Å². The van der Waals surface area contributed by atoms with Gasteiger partial charge in [0.2, 0.25) is 16.0 Å². The van der Waals surface area contributed by atoms with Crippen LogP contribution in [0.1, 0.15) is 11.4 Å². The zero-order valence-electron chi connectivity index (χ0n) is 7.78. The summed E-state index contributed by atoms with van der Waals surface area (Å²) in [5, 5.41) is 0. The molecule has 1 aromatic rings. The van der Waals surface area contributed by atoms with E-state index < -0.39 is 10.0 Å². The number of sulfonamides is 1. The Morgan fingerprint density at radius 3 is 2.29 bits per heavy atom. The highest BCUT2D eigenvalue weighted by Crippen LogP contribution is 2.06. The second-order valence-electron chi connectivity index (χ2n) is 2.80. The fraction of sp³-hybridized carbons (Fsp3) is 0.429. The minimum atomic E-state index is -3.36. The molecule has 1 N–H and O–H groups in total. The first-order valence-electron chi connectivity index (χ1n) is 3.82. The zero-order chi connectivity index (χ0) is 10.8. The van der Waals surface area contributed by atoms with Gasteiger partial charge in [-0.1, -0.05) is 15.9 Å². The van der Waals surface area contributed by atoms with Crippen LogP contribution in [0, 0.1) is 13.8 Å². The van der Waals surface area contributed by atoms with Crippen molar-refractivity contribution in [1.29, 1.82) is 0 Å². The van der Waals surface area contributed by atoms with Gasteiger partial charge in [-0.15, -0.1) is 0 Å². The van der Waals surface area contributed by atoms with Gasteiger partial charge < -0.3 is 0 Å². The molecular weight excluding hydrogens is 270 g/mol. The third kappa shape index (κ3) is 3.22. The fourth-order valence-electron chi connectivity index (χ4n) is 0.938. The first-order chi connectivity index (χ1) is 6.43. The molecule has 0 radical (unpaired) electrons. The van der Waals surface area contributed by atoms with Crippen molar-refractivity contribution in [3.05, 3.63) is 17.5 Å². The second-order valence-corrected chi connectivity index (χ2v) is 5.83. The summed E-state index contributed by atoms with van der Waals surface area (Å²) in [4.78, 5) is 7.89. The average Bonchev–Trinajstić information content (AvgIpc) is 2.01. The Hall–Kier alpha value is -0.690. The highest BCUT2D eigenvalue weighted by atomic mass is 79.9. The zero-order valence-corrected chi connectivity index (χ0v) is 10.2. The number of nitrogens with zero attached hydrogens (tertiary/aromatic N) is 2. The van der Waals surface area contributed by atoms with E-state index in [2.05, 4.69) is 30.6 Å². The van der Waals surface area contributed by atoms with Crippen LogP contribution in [0.15, 0.2) is 6.07 Å². The van der Waals surface area contributed by atoms with Gasteiger partial charge in [0, 0.05) is 11.4 Å². The Kier molecular flexibility index (Phi) is 3.43. The van der Waals surface area contributed by atoms with E-state index in [9.17, 15) is 8.42 Å². The Morgan fingerprint density at radius 1 is 1.36 bits per heavy atom. The average molecular weight is 280 g/mol. The molecule has 78 valence electrons. The van der Waals surface area contributed by atoms with E-state index in [4.69, 9.17) is 0 Å². The van der Waals surface area contributed by atoms with Crippen molar-refractivity contribution in [3.63, 3.8) is 0 Å². The van der Waals surface area contributed by atoms with Crippen LogP contribution in [-0.4, -0.2) is 23.0 Å². The molecular formula is C7H10BrN3O2S. The third-order valence-corrected chi connectivity index (χ3v) is 3.96. The molecule has 0 aliphatic heterocycles. The molecule has 0 spiro atoms. The molecule has 1 heterocycles. The van der Waals surface area contributed by atoms with E-state index in [0.717, 1.165) is 11.4 Å². The van der Waals surface area contributed by atoms with Crippen LogP contribution in [0.3, 0.4) is 0 Å². The molecule has 1 aromatic heterocycles. The lowest BCUT2D eigenvalue weighted by atomic mass is 10.4. The lowest BCUT2D eigenvalue weighted by molar-refractivity contribution is 0.605. The standard InChI is InChI=1S/C7H10BrN3O2S/c1-5-3-6(2)10-7(9-5)11-14(12,13)4-8/h3H,4H2,1-2H3,(H,9,10,11). The van der Waals surface area contributed by atoms with Gasteiger partial charge in [0.25, 0.3) is 0 Å². The van der Waals surface area contributed by atoms with Crippen molar-refractivity contribution < 1.29 is 8.42 Å². The first-order valence-corrected chi connectivity index (χ1v) is 6.59. The summed E-state index contributed by atoms with van der Waals surface area (Å²) in [6.07, 6.45) is 0. The molecule has 14 heavy (non-hydrogen) atoms. The lowest BCUT2D eigenvalue weighted by Gasteiger charge is -2.04. The van der Waals surface area contributed by atoms with E-state index in [1.807, 2.05) is 0 Å². The summed E-state index contributed by atoms with van der Waals surface area (Å²) in [5.74, 6) is 0.113. The monoisotopic (exact) mass is 279 g/mol. The largest absolute Gasteiger partial charge is 0.250 e. The molecule has 0 aromatic carbocycles. The molecule has 0 aliphatic carbocycles. The second kappa shape index (κ2) is 4.22. The fourth-order valence-corrected chi connectivity index (χ4v) is 1.71. The molecule has 0 unspecified atom stereocenters. The van der Waals surface area contributed by atoms with Crippen LogP contribution in [-0.2, 0) is 10.0 Å². The van der Waals surface area contributed by atoms with E-state index in [1.165, 1.54) is 0 Å². The molecule has 0 saturated carbocycles. The maximum absolute atomic E-state index is 11.2. The summed E-state index contributed by atoms with van der Waals surface area (Å²) in [5.41, 5.74) is 1.45. The molecule has 0 fully saturated rings. The Morgan fingerprint density at radius 2 is 1.86 bits per heavy atom. The van der Waals surface area contributed by atoms with Crippen molar-refractivity contribution in [2.45, 2.75) is 13.8 Å². The number of rotatable bonds is 3. The Labute approximate surface area is 91.1 Å². The Bertz CT molecular complexity index is 412. The highest BCUT2D eigenvalue weighted by Gasteiger charge is 2.09. The van der Waals surface area contributed by atoms with Crippen LogP contribution in [0.25, 0.3) is 0 Å². The maximum atomic E-state index is 11.2. The highest BCUT2D eigenvalue weighted by molar-refractivity contribution is 9.10. The normalized spacial score (nSPS) is 11.4. The molecule has 0 aliphatic rings. The number of nitrogens with one attached hydrogen (secondary N) is 1. The third-order valence-electron chi connectivity index (χ3n) is 1.37. The quantitative estimate of drug-likeness (QED) is 0.844. The van der Waals surface area contributed by atoms with Gasteiger partial charge in [-0.3, -0.25) is 4.72 Å². The van der Waals surface area contributed by atoms with Crippen LogP contribution in [0.5, 0.6) is 0 Å². The van der Waals surface area contributed by atoms with Gasteiger partial charge in [-0.25, -0.2) is 18.4 Å². The number of aromatic nitrogens is 2. The number of hydrogen-bond donors (Lipinski definition) is 1. The predicted molar refractivity (Wildman–Crippen MR) is 57.8 cm³/mol. The number of alkyl halides is 1. The number of anilines is 1. The van der Waals surface area contributed by atoms with E-state index in [-0.39, 0.29) is 10.6 Å². The van der Waals surface area contributed by atoms with Crippen molar-refractivity contribution >= 4 is 31.9 Å². The molecule has 0 atom stereocenters. The number of aryl methyl sites for hydroxylation is 2. The summed E-state index contributed by atoms with van der Waals surface area (Å²) in [6.45, 7) is 3.56. The molecule has 7 heteroatoms. The summed E-state index contributed by atoms with van der Waals surface area (Å²) in [7, 11) is -3.36. The minimum absolute atomic E-state index is 0.113.